The Balaban J connectivity index is 3.10. The molecule has 0 amide bonds. The lowest BCUT2D eigenvalue weighted by Crippen LogP contribution is -2.24. The molecule has 0 radical (unpaired) electrons. The second-order valence-corrected chi connectivity index (χ2v) is 3.19. The van der Waals surface area contributed by atoms with E-state index in [1.807, 2.05) is 0 Å². The van der Waals surface area contributed by atoms with Crippen molar-refractivity contribution in [3.05, 3.63) is 29.6 Å². The molecule has 0 heterocycles. The SMILES string of the molecule is COc1ccc(F)cc1[C@@H](O)[C@H](C)N. The average Bonchev–Trinajstić information content (AvgIpc) is 2.16. The van der Waals surface area contributed by atoms with Gasteiger partial charge in [0.2, 0.25) is 0 Å². The molecule has 1 aromatic carbocycles. The van der Waals surface area contributed by atoms with Crippen molar-refractivity contribution in [1.82, 2.24) is 0 Å². The van der Waals surface area contributed by atoms with E-state index in [2.05, 4.69) is 0 Å². The van der Waals surface area contributed by atoms with Crippen molar-refractivity contribution in [1.29, 1.82) is 0 Å². The monoisotopic (exact) mass is 199 g/mol. The van der Waals surface area contributed by atoms with Crippen LogP contribution < -0.4 is 10.5 Å². The van der Waals surface area contributed by atoms with Crippen molar-refractivity contribution in [3.63, 3.8) is 0 Å². The molecule has 3 nitrogen and oxygen atoms in total. The van der Waals surface area contributed by atoms with E-state index in [4.69, 9.17) is 10.5 Å². The highest BCUT2D eigenvalue weighted by Crippen LogP contribution is 2.27. The highest BCUT2D eigenvalue weighted by Gasteiger charge is 2.17. The van der Waals surface area contributed by atoms with Gasteiger partial charge in [-0.05, 0) is 25.1 Å². The third kappa shape index (κ3) is 2.21. The fourth-order valence-electron chi connectivity index (χ4n) is 1.22. The number of benzene rings is 1. The van der Waals surface area contributed by atoms with Crippen LogP contribution in [0, 0.1) is 5.82 Å². The van der Waals surface area contributed by atoms with Crippen LogP contribution in [0.25, 0.3) is 0 Å². The number of hydrogen-bond acceptors (Lipinski definition) is 3. The molecule has 78 valence electrons. The average molecular weight is 199 g/mol. The Morgan fingerprint density at radius 2 is 2.14 bits per heavy atom. The summed E-state index contributed by atoms with van der Waals surface area (Å²) in [6.45, 7) is 1.65. The second-order valence-electron chi connectivity index (χ2n) is 3.19. The number of rotatable bonds is 3. The van der Waals surface area contributed by atoms with Crippen LogP contribution in [0.5, 0.6) is 5.75 Å². The largest absolute Gasteiger partial charge is 0.496 e. The number of methoxy groups -OCH3 is 1. The molecule has 4 heteroatoms. The topological polar surface area (TPSA) is 55.5 Å². The van der Waals surface area contributed by atoms with Crippen molar-refractivity contribution in [2.24, 2.45) is 5.73 Å². The zero-order valence-corrected chi connectivity index (χ0v) is 8.20. The molecule has 0 saturated carbocycles. The Hall–Kier alpha value is -1.13. The molecule has 0 aromatic heterocycles. The molecule has 1 aromatic rings. The summed E-state index contributed by atoms with van der Waals surface area (Å²) in [7, 11) is 1.46. The van der Waals surface area contributed by atoms with Gasteiger partial charge in [0.15, 0.2) is 0 Å². The van der Waals surface area contributed by atoms with Gasteiger partial charge in [0.25, 0.3) is 0 Å². The van der Waals surface area contributed by atoms with Crippen LogP contribution in [-0.2, 0) is 0 Å². The van der Waals surface area contributed by atoms with E-state index in [9.17, 15) is 9.50 Å². The van der Waals surface area contributed by atoms with Gasteiger partial charge in [-0.1, -0.05) is 0 Å². The first kappa shape index (κ1) is 10.9. The Bertz CT molecular complexity index is 315. The summed E-state index contributed by atoms with van der Waals surface area (Å²) in [6, 6.07) is 3.50. The fourth-order valence-corrected chi connectivity index (χ4v) is 1.22. The zero-order valence-electron chi connectivity index (χ0n) is 8.20. The Morgan fingerprint density at radius 1 is 1.50 bits per heavy atom. The molecule has 0 fully saturated rings. The van der Waals surface area contributed by atoms with Gasteiger partial charge in [-0.2, -0.15) is 0 Å². The zero-order chi connectivity index (χ0) is 10.7. The molecule has 3 N–H and O–H groups in total. The lowest BCUT2D eigenvalue weighted by Gasteiger charge is -2.17. The van der Waals surface area contributed by atoms with Gasteiger partial charge in [-0.25, -0.2) is 4.39 Å². The minimum atomic E-state index is -0.916. The maximum atomic E-state index is 12.9. The molecule has 14 heavy (non-hydrogen) atoms. The number of nitrogens with two attached hydrogens (primary N) is 1. The lowest BCUT2D eigenvalue weighted by atomic mass is 10.0. The van der Waals surface area contributed by atoms with Crippen molar-refractivity contribution >= 4 is 0 Å². The molecular formula is C10H14FNO2. The summed E-state index contributed by atoms with van der Waals surface area (Å²) < 4.78 is 17.9. The van der Waals surface area contributed by atoms with E-state index in [1.165, 1.54) is 25.3 Å². The van der Waals surface area contributed by atoms with Gasteiger partial charge in [0.1, 0.15) is 11.6 Å². The summed E-state index contributed by atoms with van der Waals surface area (Å²) in [5.74, 6) is 0.0247. The van der Waals surface area contributed by atoms with Crippen molar-refractivity contribution < 1.29 is 14.2 Å². The predicted octanol–water partition coefficient (Wildman–Crippen LogP) is 1.21. The minimum Gasteiger partial charge on any atom is -0.496 e. The lowest BCUT2D eigenvalue weighted by molar-refractivity contribution is 0.149. The van der Waals surface area contributed by atoms with Gasteiger partial charge in [-0.3, -0.25) is 0 Å². The van der Waals surface area contributed by atoms with E-state index in [1.54, 1.807) is 6.92 Å². The van der Waals surface area contributed by atoms with Gasteiger partial charge in [0, 0.05) is 11.6 Å². The molecule has 0 saturated heterocycles. The summed E-state index contributed by atoms with van der Waals surface area (Å²) in [4.78, 5) is 0. The fraction of sp³-hybridized carbons (Fsp3) is 0.400. The molecule has 1 rings (SSSR count). The second kappa shape index (κ2) is 4.39. The van der Waals surface area contributed by atoms with Crippen molar-refractivity contribution in [3.8, 4) is 5.75 Å². The molecule has 2 atom stereocenters. The quantitative estimate of drug-likeness (QED) is 0.769. The van der Waals surface area contributed by atoms with E-state index < -0.39 is 18.0 Å². The molecule has 0 aliphatic carbocycles. The van der Waals surface area contributed by atoms with Crippen LogP contribution in [0.2, 0.25) is 0 Å². The number of hydrogen-bond donors (Lipinski definition) is 2. The summed E-state index contributed by atoms with van der Waals surface area (Å²) in [5.41, 5.74) is 5.89. The predicted molar refractivity (Wildman–Crippen MR) is 51.6 cm³/mol. The van der Waals surface area contributed by atoms with Gasteiger partial charge in [-0.15, -0.1) is 0 Å². The van der Waals surface area contributed by atoms with Crippen LogP contribution in [0.1, 0.15) is 18.6 Å². The van der Waals surface area contributed by atoms with Crippen LogP contribution in [0.15, 0.2) is 18.2 Å². The number of aliphatic hydroxyl groups is 1. The summed E-state index contributed by atoms with van der Waals surface area (Å²) in [6.07, 6.45) is -0.916. The minimum absolute atomic E-state index is 0.377. The first-order valence-electron chi connectivity index (χ1n) is 4.33. The van der Waals surface area contributed by atoms with Crippen LogP contribution >= 0.6 is 0 Å². The molecule has 0 spiro atoms. The molecule has 0 bridgehead atoms. The molecule has 0 aliphatic rings. The van der Waals surface area contributed by atoms with Gasteiger partial charge < -0.3 is 15.6 Å². The maximum Gasteiger partial charge on any atom is 0.124 e. The first-order chi connectivity index (χ1) is 6.56. The number of ether oxygens (including phenoxy) is 1. The summed E-state index contributed by atoms with van der Waals surface area (Å²) in [5, 5.41) is 9.66. The van der Waals surface area contributed by atoms with E-state index in [0.717, 1.165) is 0 Å². The Morgan fingerprint density at radius 3 is 2.64 bits per heavy atom. The Labute approximate surface area is 82.3 Å². The van der Waals surface area contributed by atoms with Crippen LogP contribution in [0.3, 0.4) is 0 Å². The highest BCUT2D eigenvalue weighted by atomic mass is 19.1. The van der Waals surface area contributed by atoms with Crippen LogP contribution in [0.4, 0.5) is 4.39 Å². The first-order valence-corrected chi connectivity index (χ1v) is 4.33. The number of aliphatic hydroxyl groups excluding tert-OH is 1. The van der Waals surface area contributed by atoms with Gasteiger partial charge in [0.05, 0.1) is 13.2 Å². The van der Waals surface area contributed by atoms with Gasteiger partial charge >= 0.3 is 0 Å². The molecule has 0 unspecified atom stereocenters. The number of halogens is 1. The van der Waals surface area contributed by atoms with Crippen molar-refractivity contribution in [2.45, 2.75) is 19.1 Å². The van der Waals surface area contributed by atoms with E-state index >= 15 is 0 Å². The van der Waals surface area contributed by atoms with E-state index in [-0.39, 0.29) is 0 Å². The van der Waals surface area contributed by atoms with Crippen LogP contribution in [-0.4, -0.2) is 18.3 Å². The molecular weight excluding hydrogens is 185 g/mol. The normalized spacial score (nSPS) is 14.9. The van der Waals surface area contributed by atoms with E-state index in [0.29, 0.717) is 11.3 Å². The summed E-state index contributed by atoms with van der Waals surface area (Å²) >= 11 is 0. The smallest absolute Gasteiger partial charge is 0.124 e. The maximum absolute atomic E-state index is 12.9. The highest BCUT2D eigenvalue weighted by molar-refractivity contribution is 5.36. The standard InChI is InChI=1S/C10H14FNO2/c1-6(12)10(13)8-5-7(11)3-4-9(8)14-2/h3-6,10,13H,12H2,1-2H3/t6-,10-/m0/s1. The molecule has 0 aliphatic heterocycles. The third-order valence-corrected chi connectivity index (χ3v) is 2.01. The third-order valence-electron chi connectivity index (χ3n) is 2.01. The van der Waals surface area contributed by atoms with Crippen molar-refractivity contribution in [2.75, 3.05) is 7.11 Å². The Kier molecular flexibility index (Phi) is 3.43.